The molecule has 1 atom stereocenters. The Balaban J connectivity index is 2.21. The summed E-state index contributed by atoms with van der Waals surface area (Å²) in [7, 11) is 0. The number of hydrogen-bond donors (Lipinski definition) is 1. The zero-order valence-corrected chi connectivity index (χ0v) is 12.9. The maximum atomic E-state index is 13.9. The van der Waals surface area contributed by atoms with Crippen LogP contribution in [-0.4, -0.2) is 0 Å². The maximum absolute atomic E-state index is 13.9. The second-order valence-corrected chi connectivity index (χ2v) is 6.24. The van der Waals surface area contributed by atoms with E-state index in [4.69, 9.17) is 5.73 Å². The number of rotatable bonds is 4. The summed E-state index contributed by atoms with van der Waals surface area (Å²) in [6.07, 6.45) is 0. The first-order valence-corrected chi connectivity index (χ1v) is 7.70. The topological polar surface area (TPSA) is 26.0 Å². The molecule has 0 radical (unpaired) electrons. The molecule has 0 aromatic heterocycles. The summed E-state index contributed by atoms with van der Waals surface area (Å²) in [5, 5.41) is 0. The molecular weight excluding hydrogens is 269 g/mol. The molecule has 0 aliphatic carbocycles. The van der Waals surface area contributed by atoms with E-state index < -0.39 is 0 Å². The molecule has 0 fully saturated rings. The van der Waals surface area contributed by atoms with Gasteiger partial charge in [0, 0.05) is 22.3 Å². The van der Waals surface area contributed by atoms with E-state index in [0.29, 0.717) is 5.56 Å². The number of benzene rings is 2. The van der Waals surface area contributed by atoms with Gasteiger partial charge in [-0.15, -0.1) is 11.8 Å². The van der Waals surface area contributed by atoms with Gasteiger partial charge in [-0.1, -0.05) is 35.4 Å². The van der Waals surface area contributed by atoms with Crippen LogP contribution in [0.2, 0.25) is 0 Å². The molecule has 0 saturated heterocycles. The van der Waals surface area contributed by atoms with Gasteiger partial charge in [0.05, 0.1) is 0 Å². The zero-order valence-electron chi connectivity index (χ0n) is 12.1. The Bertz CT molecular complexity index is 588. The van der Waals surface area contributed by atoms with Crippen molar-refractivity contribution in [1.29, 1.82) is 0 Å². The first kappa shape index (κ1) is 15.1. The van der Waals surface area contributed by atoms with Crippen LogP contribution in [0.4, 0.5) is 4.39 Å². The third-order valence-electron chi connectivity index (χ3n) is 3.14. The van der Waals surface area contributed by atoms with Crippen LogP contribution >= 0.6 is 11.8 Å². The van der Waals surface area contributed by atoms with E-state index in [1.54, 1.807) is 17.8 Å². The van der Waals surface area contributed by atoms with Gasteiger partial charge in [-0.25, -0.2) is 4.39 Å². The van der Waals surface area contributed by atoms with Gasteiger partial charge >= 0.3 is 0 Å². The Hall–Kier alpha value is -1.32. The van der Waals surface area contributed by atoms with E-state index in [1.807, 2.05) is 13.0 Å². The molecule has 2 aromatic rings. The van der Waals surface area contributed by atoms with Gasteiger partial charge in [-0.2, -0.15) is 0 Å². The third-order valence-corrected chi connectivity index (χ3v) is 4.29. The minimum absolute atomic E-state index is 0.217. The minimum Gasteiger partial charge on any atom is -0.324 e. The van der Waals surface area contributed by atoms with Crippen molar-refractivity contribution < 1.29 is 4.39 Å². The van der Waals surface area contributed by atoms with Crippen molar-refractivity contribution in [3.63, 3.8) is 0 Å². The van der Waals surface area contributed by atoms with Gasteiger partial charge < -0.3 is 5.73 Å². The molecule has 1 nitrogen and oxygen atoms in total. The van der Waals surface area contributed by atoms with E-state index in [2.05, 4.69) is 32.0 Å². The molecule has 0 saturated carbocycles. The van der Waals surface area contributed by atoms with Crippen LogP contribution in [0.5, 0.6) is 0 Å². The predicted molar refractivity (Wildman–Crippen MR) is 84.5 cm³/mol. The molecule has 0 heterocycles. The summed E-state index contributed by atoms with van der Waals surface area (Å²) >= 11 is 1.64. The van der Waals surface area contributed by atoms with Crippen LogP contribution in [0.15, 0.2) is 41.3 Å². The molecule has 3 heteroatoms. The molecule has 2 rings (SSSR count). The lowest BCUT2D eigenvalue weighted by atomic mass is 10.1. The SMILES string of the molecule is Cc1cc(C)cc(CSc2cccc(F)c2[C@H](C)N)c1. The summed E-state index contributed by atoms with van der Waals surface area (Å²) in [4.78, 5) is 0.930. The second-order valence-electron chi connectivity index (χ2n) is 5.22. The fourth-order valence-electron chi connectivity index (χ4n) is 2.40. The Morgan fingerprint density at radius 2 is 1.80 bits per heavy atom. The second kappa shape index (κ2) is 6.42. The number of halogens is 1. The summed E-state index contributed by atoms with van der Waals surface area (Å²) in [5.41, 5.74) is 10.3. The van der Waals surface area contributed by atoms with E-state index in [-0.39, 0.29) is 11.9 Å². The number of hydrogen-bond acceptors (Lipinski definition) is 2. The van der Waals surface area contributed by atoms with Crippen molar-refractivity contribution in [2.75, 3.05) is 0 Å². The first-order chi connectivity index (χ1) is 9.47. The number of thioether (sulfide) groups is 1. The van der Waals surface area contributed by atoms with Gasteiger partial charge in [0.15, 0.2) is 0 Å². The molecule has 0 amide bonds. The standard InChI is InChI=1S/C17H20FNS/c1-11-7-12(2)9-14(8-11)10-20-16-6-4-5-15(18)17(16)13(3)19/h4-9,13H,10,19H2,1-3H3/t13-/m0/s1. The monoisotopic (exact) mass is 289 g/mol. The average molecular weight is 289 g/mol. The zero-order chi connectivity index (χ0) is 14.7. The predicted octanol–water partition coefficient (Wildman–Crippen LogP) is 4.75. The maximum Gasteiger partial charge on any atom is 0.129 e. The lowest BCUT2D eigenvalue weighted by Gasteiger charge is -2.13. The summed E-state index contributed by atoms with van der Waals surface area (Å²) in [6.45, 7) is 6.01. The fraction of sp³-hybridized carbons (Fsp3) is 0.294. The molecule has 0 spiro atoms. The van der Waals surface area contributed by atoms with Crippen LogP contribution < -0.4 is 5.73 Å². The van der Waals surface area contributed by atoms with Crippen LogP contribution in [0.25, 0.3) is 0 Å². The molecule has 20 heavy (non-hydrogen) atoms. The fourth-order valence-corrected chi connectivity index (χ4v) is 3.50. The molecule has 0 unspecified atom stereocenters. The highest BCUT2D eigenvalue weighted by Crippen LogP contribution is 2.31. The van der Waals surface area contributed by atoms with Gasteiger partial charge in [0.2, 0.25) is 0 Å². The van der Waals surface area contributed by atoms with Gasteiger partial charge in [0.1, 0.15) is 5.82 Å². The van der Waals surface area contributed by atoms with Crippen LogP contribution in [0, 0.1) is 19.7 Å². The van der Waals surface area contributed by atoms with Crippen molar-refractivity contribution >= 4 is 11.8 Å². The largest absolute Gasteiger partial charge is 0.324 e. The van der Waals surface area contributed by atoms with E-state index in [1.165, 1.54) is 22.8 Å². The highest BCUT2D eigenvalue weighted by Gasteiger charge is 2.12. The summed E-state index contributed by atoms with van der Waals surface area (Å²) in [5.74, 6) is 0.608. The Morgan fingerprint density at radius 3 is 2.40 bits per heavy atom. The Kier molecular flexibility index (Phi) is 4.84. The van der Waals surface area contributed by atoms with Crippen LogP contribution in [0.3, 0.4) is 0 Å². The van der Waals surface area contributed by atoms with Crippen molar-refractivity contribution in [1.82, 2.24) is 0 Å². The average Bonchev–Trinajstić information content (AvgIpc) is 2.34. The Labute approximate surface area is 124 Å². The molecular formula is C17H20FNS. The molecule has 2 N–H and O–H groups in total. The van der Waals surface area contributed by atoms with Gasteiger partial charge in [-0.3, -0.25) is 0 Å². The van der Waals surface area contributed by atoms with Crippen molar-refractivity contribution in [3.8, 4) is 0 Å². The van der Waals surface area contributed by atoms with Crippen molar-refractivity contribution in [3.05, 3.63) is 64.5 Å². The first-order valence-electron chi connectivity index (χ1n) is 6.71. The van der Waals surface area contributed by atoms with Gasteiger partial charge in [0.25, 0.3) is 0 Å². The normalized spacial score (nSPS) is 12.4. The Morgan fingerprint density at radius 1 is 1.15 bits per heavy atom. The van der Waals surface area contributed by atoms with E-state index in [0.717, 1.165) is 10.6 Å². The van der Waals surface area contributed by atoms with E-state index in [9.17, 15) is 4.39 Å². The quantitative estimate of drug-likeness (QED) is 0.822. The number of aryl methyl sites for hydroxylation is 2. The lowest BCUT2D eigenvalue weighted by molar-refractivity contribution is 0.585. The lowest BCUT2D eigenvalue weighted by Crippen LogP contribution is -2.09. The molecule has 2 aromatic carbocycles. The summed E-state index contributed by atoms with van der Waals surface area (Å²) in [6, 6.07) is 11.4. The number of nitrogens with two attached hydrogens (primary N) is 1. The summed E-state index contributed by atoms with van der Waals surface area (Å²) < 4.78 is 13.9. The smallest absolute Gasteiger partial charge is 0.129 e. The molecule has 0 aliphatic heterocycles. The van der Waals surface area contributed by atoms with Crippen LogP contribution in [0.1, 0.15) is 35.2 Å². The molecule has 106 valence electrons. The highest BCUT2D eigenvalue weighted by molar-refractivity contribution is 7.98. The van der Waals surface area contributed by atoms with Gasteiger partial charge in [-0.05, 0) is 38.5 Å². The van der Waals surface area contributed by atoms with Crippen molar-refractivity contribution in [2.24, 2.45) is 5.73 Å². The minimum atomic E-state index is -0.294. The molecule has 0 bridgehead atoms. The van der Waals surface area contributed by atoms with E-state index >= 15 is 0 Å². The van der Waals surface area contributed by atoms with Crippen LogP contribution in [-0.2, 0) is 5.75 Å². The third kappa shape index (κ3) is 3.62. The van der Waals surface area contributed by atoms with Crippen molar-refractivity contribution in [2.45, 2.75) is 37.5 Å². The highest BCUT2D eigenvalue weighted by atomic mass is 32.2. The molecule has 0 aliphatic rings.